The molecule has 0 aromatic carbocycles. The van der Waals surface area contributed by atoms with Crippen molar-refractivity contribution >= 4 is 12.1 Å². The molecule has 1 saturated heterocycles. The van der Waals surface area contributed by atoms with Gasteiger partial charge in [0.15, 0.2) is 0 Å². The van der Waals surface area contributed by atoms with Crippen LogP contribution in [0.1, 0.15) is 6.42 Å². The van der Waals surface area contributed by atoms with Gasteiger partial charge in [-0.3, -0.25) is 4.90 Å². The fourth-order valence-corrected chi connectivity index (χ4v) is 1.34. The molecule has 7 heteroatoms. The highest BCUT2D eigenvalue weighted by Gasteiger charge is 2.40. The van der Waals surface area contributed by atoms with Gasteiger partial charge in [-0.15, -0.1) is 0 Å². The number of hydrogen-bond acceptors (Lipinski definition) is 4. The first-order valence-corrected chi connectivity index (χ1v) is 3.61. The summed E-state index contributed by atoms with van der Waals surface area (Å²) >= 11 is 0. The van der Waals surface area contributed by atoms with Crippen LogP contribution >= 0.6 is 0 Å². The van der Waals surface area contributed by atoms with E-state index < -0.39 is 24.1 Å². The van der Waals surface area contributed by atoms with Gasteiger partial charge < -0.3 is 10.2 Å². The molecule has 2 atom stereocenters. The number of likely N-dealkylation sites (tertiary alicyclic amines) is 1. The highest BCUT2D eigenvalue weighted by atomic mass is 16.4. The molecule has 1 amide bonds. The van der Waals surface area contributed by atoms with Gasteiger partial charge >= 0.3 is 12.1 Å². The van der Waals surface area contributed by atoms with E-state index in [1.807, 2.05) is 0 Å². The van der Waals surface area contributed by atoms with E-state index in [1.54, 1.807) is 0 Å². The van der Waals surface area contributed by atoms with Crippen molar-refractivity contribution in [2.24, 2.45) is 5.18 Å². The number of aliphatic carboxylic acids is 1. The van der Waals surface area contributed by atoms with Crippen molar-refractivity contribution in [3.63, 3.8) is 0 Å². The Bertz CT molecular complexity index is 231. The number of amides is 1. The summed E-state index contributed by atoms with van der Waals surface area (Å²) in [5.74, 6) is -1.24. The monoisotopic (exact) mass is 188 g/mol. The summed E-state index contributed by atoms with van der Waals surface area (Å²) in [7, 11) is 0. The van der Waals surface area contributed by atoms with Crippen molar-refractivity contribution in [1.82, 2.24) is 4.90 Å². The molecular formula is C6H8N2O5. The predicted molar refractivity (Wildman–Crippen MR) is 40.4 cm³/mol. The topological polar surface area (TPSA) is 107 Å². The maximum absolute atomic E-state index is 10.5. The second-order valence-electron chi connectivity index (χ2n) is 2.78. The molecule has 1 heterocycles. The van der Waals surface area contributed by atoms with Crippen LogP contribution in [0.3, 0.4) is 0 Å². The Morgan fingerprint density at radius 3 is 2.31 bits per heavy atom. The lowest BCUT2D eigenvalue weighted by atomic mass is 10.2. The van der Waals surface area contributed by atoms with Gasteiger partial charge in [0.2, 0.25) is 0 Å². The lowest BCUT2D eigenvalue weighted by Gasteiger charge is -2.16. The molecule has 2 N–H and O–H groups in total. The zero-order valence-corrected chi connectivity index (χ0v) is 6.58. The second kappa shape index (κ2) is 3.38. The van der Waals surface area contributed by atoms with E-state index in [2.05, 4.69) is 5.18 Å². The zero-order chi connectivity index (χ0) is 10.0. The van der Waals surface area contributed by atoms with Crippen LogP contribution in [-0.4, -0.2) is 45.8 Å². The predicted octanol–water partition coefficient (Wildman–Crippen LogP) is -0.0417. The van der Waals surface area contributed by atoms with Crippen LogP contribution in [0.25, 0.3) is 0 Å². The van der Waals surface area contributed by atoms with Crippen LogP contribution < -0.4 is 0 Å². The molecule has 1 fully saturated rings. The highest BCUT2D eigenvalue weighted by molar-refractivity contribution is 5.80. The zero-order valence-electron chi connectivity index (χ0n) is 6.58. The minimum atomic E-state index is -1.33. The van der Waals surface area contributed by atoms with E-state index in [0.717, 1.165) is 0 Å². The molecule has 1 aliphatic rings. The maximum Gasteiger partial charge on any atom is 0.408 e. The average molecular weight is 188 g/mol. The molecule has 1 rings (SSSR count). The van der Waals surface area contributed by atoms with E-state index in [0.29, 0.717) is 4.90 Å². The summed E-state index contributed by atoms with van der Waals surface area (Å²) in [6.07, 6.45) is -1.37. The summed E-state index contributed by atoms with van der Waals surface area (Å²) < 4.78 is 0. The lowest BCUT2D eigenvalue weighted by Crippen LogP contribution is -2.39. The summed E-state index contributed by atoms with van der Waals surface area (Å²) in [6.45, 7) is -0.129. The summed E-state index contributed by atoms with van der Waals surface area (Å²) in [5.41, 5.74) is 0. The molecule has 0 radical (unpaired) electrons. The normalized spacial score (nSPS) is 27.2. The number of carboxylic acids is 1. The Balaban J connectivity index is 2.76. The quantitative estimate of drug-likeness (QED) is 0.591. The minimum absolute atomic E-state index is 0.0366. The molecule has 7 nitrogen and oxygen atoms in total. The number of nitrogens with zero attached hydrogens (tertiary/aromatic N) is 2. The number of hydrogen-bond donors (Lipinski definition) is 2. The summed E-state index contributed by atoms with van der Waals surface area (Å²) in [5, 5.41) is 19.8. The molecule has 0 bridgehead atoms. The van der Waals surface area contributed by atoms with E-state index in [9.17, 15) is 14.5 Å². The molecule has 0 aliphatic carbocycles. The fourth-order valence-electron chi connectivity index (χ4n) is 1.34. The molecule has 72 valence electrons. The fraction of sp³-hybridized carbons (Fsp3) is 0.667. The van der Waals surface area contributed by atoms with Gasteiger partial charge in [0.1, 0.15) is 12.1 Å². The Kier molecular flexibility index (Phi) is 2.45. The maximum atomic E-state index is 10.5. The molecule has 0 aromatic rings. The van der Waals surface area contributed by atoms with Crippen molar-refractivity contribution in [2.75, 3.05) is 6.54 Å². The number of nitroso groups, excluding NO2 is 1. The van der Waals surface area contributed by atoms with E-state index in [-0.39, 0.29) is 13.0 Å². The van der Waals surface area contributed by atoms with Gasteiger partial charge in [-0.05, 0) is 0 Å². The smallest absolute Gasteiger partial charge is 0.408 e. The van der Waals surface area contributed by atoms with Crippen molar-refractivity contribution in [3.05, 3.63) is 4.91 Å². The number of carbonyl (C=O) groups is 2. The Labute approximate surface area is 72.9 Å². The largest absolute Gasteiger partial charge is 0.480 e. The van der Waals surface area contributed by atoms with Crippen molar-refractivity contribution in [1.29, 1.82) is 0 Å². The average Bonchev–Trinajstić information content (AvgIpc) is 2.47. The molecule has 0 spiro atoms. The van der Waals surface area contributed by atoms with Crippen LogP contribution in [0, 0.1) is 4.91 Å². The highest BCUT2D eigenvalue weighted by Crippen LogP contribution is 2.20. The van der Waals surface area contributed by atoms with Crippen molar-refractivity contribution in [3.8, 4) is 0 Å². The third-order valence-corrected chi connectivity index (χ3v) is 1.96. The van der Waals surface area contributed by atoms with Crippen LogP contribution in [0.4, 0.5) is 4.79 Å². The SMILES string of the molecule is O=NC1C[C@H](C(=O)O)N(C(=O)O)C1. The molecule has 1 aliphatic heterocycles. The van der Waals surface area contributed by atoms with Crippen LogP contribution in [0.2, 0.25) is 0 Å². The standard InChI is InChI=1S/C6H8N2O5/c9-5(10)4-1-3(7-13)2-8(4)6(11)12/h3-4H,1-2H2,(H,9,10)(H,11,12)/t3?,4-/m1/s1. The lowest BCUT2D eigenvalue weighted by molar-refractivity contribution is -0.141. The van der Waals surface area contributed by atoms with Gasteiger partial charge in [-0.1, -0.05) is 5.18 Å². The molecule has 1 unspecified atom stereocenters. The van der Waals surface area contributed by atoms with Crippen LogP contribution in [0.15, 0.2) is 5.18 Å². The van der Waals surface area contributed by atoms with Gasteiger partial charge in [-0.25, -0.2) is 9.59 Å². The third kappa shape index (κ3) is 1.74. The van der Waals surface area contributed by atoms with Crippen molar-refractivity contribution in [2.45, 2.75) is 18.5 Å². The van der Waals surface area contributed by atoms with Gasteiger partial charge in [-0.2, -0.15) is 4.91 Å². The molecule has 0 aromatic heterocycles. The van der Waals surface area contributed by atoms with Crippen LogP contribution in [-0.2, 0) is 4.79 Å². The summed E-state index contributed by atoms with van der Waals surface area (Å²) in [6, 6.07) is -1.88. The van der Waals surface area contributed by atoms with E-state index in [1.165, 1.54) is 0 Å². The number of rotatable bonds is 2. The molecular weight excluding hydrogens is 180 g/mol. The van der Waals surface area contributed by atoms with E-state index in [4.69, 9.17) is 10.2 Å². The Morgan fingerprint density at radius 1 is 1.38 bits per heavy atom. The van der Waals surface area contributed by atoms with Gasteiger partial charge in [0.05, 0.1) is 6.54 Å². The van der Waals surface area contributed by atoms with Crippen molar-refractivity contribution < 1.29 is 19.8 Å². The van der Waals surface area contributed by atoms with Gasteiger partial charge in [0, 0.05) is 6.42 Å². The molecule has 13 heavy (non-hydrogen) atoms. The third-order valence-electron chi connectivity index (χ3n) is 1.96. The Hall–Kier alpha value is -1.66. The molecule has 0 saturated carbocycles. The minimum Gasteiger partial charge on any atom is -0.480 e. The second-order valence-corrected chi connectivity index (χ2v) is 2.78. The first kappa shape index (κ1) is 9.43. The first-order valence-electron chi connectivity index (χ1n) is 3.61. The first-order chi connectivity index (χ1) is 6.06. The van der Waals surface area contributed by atoms with Gasteiger partial charge in [0.25, 0.3) is 0 Å². The Morgan fingerprint density at radius 2 is 2.00 bits per heavy atom. The van der Waals surface area contributed by atoms with E-state index >= 15 is 0 Å². The number of carboxylic acid groups (broad SMARTS) is 2. The van der Waals surface area contributed by atoms with Crippen LogP contribution in [0.5, 0.6) is 0 Å². The summed E-state index contributed by atoms with van der Waals surface area (Å²) in [4.78, 5) is 31.8.